The van der Waals surface area contributed by atoms with Gasteiger partial charge in [0.2, 0.25) is 5.91 Å². The fraction of sp³-hybridized carbons (Fsp3) is 0.333. The van der Waals surface area contributed by atoms with Crippen molar-refractivity contribution < 1.29 is 4.79 Å². The van der Waals surface area contributed by atoms with E-state index in [0.717, 1.165) is 5.69 Å². The minimum atomic E-state index is -0.548. The number of nitrogens with zero attached hydrogens (tertiary/aromatic N) is 4. The second-order valence-corrected chi connectivity index (χ2v) is 7.02. The van der Waals surface area contributed by atoms with Gasteiger partial charge in [-0.2, -0.15) is 9.50 Å². The molecule has 0 saturated heterocycles. The molecule has 2 heterocycles. The second-order valence-electron chi connectivity index (χ2n) is 7.02. The number of fused-ring (bicyclic) bond motifs is 1. The van der Waals surface area contributed by atoms with Gasteiger partial charge in [-0.15, -0.1) is 0 Å². The Hall–Kier alpha value is -2.96. The molecule has 0 aliphatic heterocycles. The molecule has 130 valence electrons. The lowest BCUT2D eigenvalue weighted by molar-refractivity contribution is -0.125. The van der Waals surface area contributed by atoms with Crippen molar-refractivity contribution >= 4 is 17.4 Å². The van der Waals surface area contributed by atoms with Crippen molar-refractivity contribution in [2.75, 3.05) is 4.90 Å². The molecule has 3 rings (SSSR count). The number of aromatic nitrogens is 4. The Labute approximate surface area is 145 Å². The molecule has 0 aliphatic carbocycles. The van der Waals surface area contributed by atoms with Gasteiger partial charge in [0.15, 0.2) is 0 Å². The molecule has 0 saturated carbocycles. The maximum atomic E-state index is 12.9. The van der Waals surface area contributed by atoms with Gasteiger partial charge in [0, 0.05) is 22.9 Å². The average molecular weight is 339 g/mol. The van der Waals surface area contributed by atoms with Crippen LogP contribution in [0.15, 0.2) is 41.2 Å². The van der Waals surface area contributed by atoms with Gasteiger partial charge in [0.25, 0.3) is 11.3 Å². The van der Waals surface area contributed by atoms with Crippen LogP contribution in [-0.4, -0.2) is 25.5 Å². The standard InChI is InChI=1S/C18H21N5O2/c1-12-10-15(24)23-17(19-12)20-14(21-23)11-22(16(25)18(2,3)4)13-8-6-5-7-9-13/h5-10H,11H2,1-4H3,(H,19,20,21). The molecule has 7 nitrogen and oxygen atoms in total. The Morgan fingerprint density at radius 3 is 2.52 bits per heavy atom. The molecule has 25 heavy (non-hydrogen) atoms. The number of hydrogen-bond acceptors (Lipinski definition) is 4. The highest BCUT2D eigenvalue weighted by molar-refractivity contribution is 5.96. The van der Waals surface area contributed by atoms with Crippen LogP contribution in [-0.2, 0) is 11.3 Å². The molecule has 0 unspecified atom stereocenters. The van der Waals surface area contributed by atoms with E-state index in [0.29, 0.717) is 17.3 Å². The summed E-state index contributed by atoms with van der Waals surface area (Å²) in [5.74, 6) is 0.767. The normalized spacial score (nSPS) is 11.7. The van der Waals surface area contributed by atoms with E-state index in [1.807, 2.05) is 51.1 Å². The Balaban J connectivity index is 2.02. The molecule has 7 heteroatoms. The summed E-state index contributed by atoms with van der Waals surface area (Å²) in [6.07, 6.45) is 0. The van der Waals surface area contributed by atoms with E-state index in [9.17, 15) is 9.59 Å². The van der Waals surface area contributed by atoms with Gasteiger partial charge in [-0.05, 0) is 19.1 Å². The van der Waals surface area contributed by atoms with Gasteiger partial charge < -0.3 is 4.90 Å². The third kappa shape index (κ3) is 3.45. The van der Waals surface area contributed by atoms with Gasteiger partial charge in [-0.3, -0.25) is 14.7 Å². The lowest BCUT2D eigenvalue weighted by Crippen LogP contribution is -2.39. The van der Waals surface area contributed by atoms with Gasteiger partial charge >= 0.3 is 0 Å². The number of benzene rings is 1. The first-order valence-corrected chi connectivity index (χ1v) is 8.08. The molecular formula is C18H21N5O2. The number of aromatic amines is 1. The first kappa shape index (κ1) is 16.9. The summed E-state index contributed by atoms with van der Waals surface area (Å²) in [4.78, 5) is 35.2. The first-order valence-electron chi connectivity index (χ1n) is 8.08. The largest absolute Gasteiger partial charge is 0.304 e. The molecule has 2 aromatic heterocycles. The summed E-state index contributed by atoms with van der Waals surface area (Å²) < 4.78 is 1.28. The van der Waals surface area contributed by atoms with Crippen LogP contribution in [0.25, 0.3) is 5.78 Å². The van der Waals surface area contributed by atoms with Gasteiger partial charge in [0.05, 0.1) is 6.54 Å². The second kappa shape index (κ2) is 6.16. The minimum Gasteiger partial charge on any atom is -0.304 e. The summed E-state index contributed by atoms with van der Waals surface area (Å²) >= 11 is 0. The van der Waals surface area contributed by atoms with E-state index in [2.05, 4.69) is 15.1 Å². The highest BCUT2D eigenvalue weighted by Crippen LogP contribution is 2.24. The summed E-state index contributed by atoms with van der Waals surface area (Å²) in [5, 5.41) is 2.93. The van der Waals surface area contributed by atoms with Gasteiger partial charge in [0.1, 0.15) is 5.82 Å². The molecule has 1 aromatic carbocycles. The van der Waals surface area contributed by atoms with E-state index in [4.69, 9.17) is 0 Å². The summed E-state index contributed by atoms with van der Waals surface area (Å²) in [7, 11) is 0. The van der Waals surface area contributed by atoms with Crippen LogP contribution in [0.4, 0.5) is 5.69 Å². The van der Waals surface area contributed by atoms with Crippen molar-refractivity contribution in [3.05, 3.63) is 58.3 Å². The number of anilines is 1. The third-order valence-electron chi connectivity index (χ3n) is 3.77. The molecule has 1 amide bonds. The van der Waals surface area contributed by atoms with E-state index in [1.165, 1.54) is 10.6 Å². The van der Waals surface area contributed by atoms with Crippen molar-refractivity contribution in [1.82, 2.24) is 19.6 Å². The van der Waals surface area contributed by atoms with E-state index in [1.54, 1.807) is 11.8 Å². The number of rotatable bonds is 3. The highest BCUT2D eigenvalue weighted by Gasteiger charge is 2.29. The zero-order valence-corrected chi connectivity index (χ0v) is 14.8. The Bertz CT molecular complexity index is 967. The molecule has 3 aromatic rings. The zero-order valence-electron chi connectivity index (χ0n) is 14.8. The van der Waals surface area contributed by atoms with Crippen molar-refractivity contribution in [3.63, 3.8) is 0 Å². The molecule has 0 spiro atoms. The van der Waals surface area contributed by atoms with Crippen LogP contribution in [0, 0.1) is 12.3 Å². The maximum absolute atomic E-state index is 12.9. The number of aryl methyl sites for hydroxylation is 1. The SMILES string of the molecule is Cc1cc(=O)n2[nH]c(CN(C(=O)C(C)(C)C)c3ccccc3)nc2n1. The van der Waals surface area contributed by atoms with Gasteiger partial charge in [-0.25, -0.2) is 4.98 Å². The third-order valence-corrected chi connectivity index (χ3v) is 3.77. The molecule has 0 atom stereocenters. The quantitative estimate of drug-likeness (QED) is 0.794. The predicted octanol–water partition coefficient (Wildman–Crippen LogP) is 2.31. The van der Waals surface area contributed by atoms with Crippen LogP contribution in [0.3, 0.4) is 0 Å². The minimum absolute atomic E-state index is 0.0318. The number of nitrogens with one attached hydrogen (secondary N) is 1. The van der Waals surface area contributed by atoms with Crippen molar-refractivity contribution in [2.24, 2.45) is 5.41 Å². The summed E-state index contributed by atoms with van der Waals surface area (Å²) in [6, 6.07) is 10.8. The van der Waals surface area contributed by atoms with E-state index >= 15 is 0 Å². The predicted molar refractivity (Wildman–Crippen MR) is 95.4 cm³/mol. The average Bonchev–Trinajstić information content (AvgIpc) is 2.95. The first-order chi connectivity index (χ1) is 11.8. The van der Waals surface area contributed by atoms with Crippen LogP contribution >= 0.6 is 0 Å². The monoisotopic (exact) mass is 339 g/mol. The van der Waals surface area contributed by atoms with E-state index in [-0.39, 0.29) is 18.0 Å². The molecule has 0 bridgehead atoms. The lowest BCUT2D eigenvalue weighted by Gasteiger charge is -2.28. The molecular weight excluding hydrogens is 318 g/mol. The maximum Gasteiger partial charge on any atom is 0.274 e. The number of carbonyl (C=O) groups is 1. The Kier molecular flexibility index (Phi) is 4.16. The molecule has 1 N–H and O–H groups in total. The molecule has 0 radical (unpaired) electrons. The number of para-hydroxylation sites is 1. The number of hydrogen-bond donors (Lipinski definition) is 1. The van der Waals surface area contributed by atoms with Crippen molar-refractivity contribution in [3.8, 4) is 0 Å². The number of H-pyrrole nitrogens is 1. The Morgan fingerprint density at radius 2 is 1.88 bits per heavy atom. The molecule has 0 aliphatic rings. The van der Waals surface area contributed by atoms with Crippen LogP contribution < -0.4 is 10.5 Å². The fourth-order valence-corrected chi connectivity index (χ4v) is 2.55. The van der Waals surface area contributed by atoms with Gasteiger partial charge in [-0.1, -0.05) is 39.0 Å². The smallest absolute Gasteiger partial charge is 0.274 e. The van der Waals surface area contributed by atoms with Crippen LogP contribution in [0.2, 0.25) is 0 Å². The fourth-order valence-electron chi connectivity index (χ4n) is 2.55. The zero-order chi connectivity index (χ0) is 18.2. The summed E-state index contributed by atoms with van der Waals surface area (Å²) in [5.41, 5.74) is 0.607. The topological polar surface area (TPSA) is 83.4 Å². The van der Waals surface area contributed by atoms with E-state index < -0.39 is 5.41 Å². The Morgan fingerprint density at radius 1 is 1.20 bits per heavy atom. The summed E-state index contributed by atoms with van der Waals surface area (Å²) in [6.45, 7) is 7.59. The number of amides is 1. The van der Waals surface area contributed by atoms with Crippen LogP contribution in [0.1, 0.15) is 32.3 Å². The molecule has 0 fully saturated rings. The lowest BCUT2D eigenvalue weighted by atomic mass is 9.94. The number of carbonyl (C=O) groups excluding carboxylic acids is 1. The van der Waals surface area contributed by atoms with Crippen LogP contribution in [0.5, 0.6) is 0 Å². The van der Waals surface area contributed by atoms with Crippen molar-refractivity contribution in [2.45, 2.75) is 34.2 Å². The highest BCUT2D eigenvalue weighted by atomic mass is 16.2. The van der Waals surface area contributed by atoms with Crippen molar-refractivity contribution in [1.29, 1.82) is 0 Å².